The summed E-state index contributed by atoms with van der Waals surface area (Å²) >= 11 is 0. The Morgan fingerprint density at radius 2 is 1.80 bits per heavy atom. The molecule has 0 radical (unpaired) electrons. The number of rotatable bonds is 7. The molecule has 0 saturated heterocycles. The van der Waals surface area contributed by atoms with Gasteiger partial charge in [0, 0.05) is 29.6 Å². The number of esters is 1. The monoisotopic (exact) mass is 480 g/mol. The average Bonchev–Trinajstić information content (AvgIpc) is 3.25. The molecule has 4 aromatic rings. The van der Waals surface area contributed by atoms with Gasteiger partial charge < -0.3 is 23.9 Å². The van der Waals surface area contributed by atoms with Crippen molar-refractivity contribution < 1.29 is 36.7 Å². The minimum atomic E-state index is -2.78. The Kier molecular flexibility index (Phi) is 5.67. The number of nitrogens with one attached hydrogen (secondary N) is 1. The SMILES string of the molecule is [2H]C([2H])([2H])Oc1ccc(-c2cc3c(C(=O)NC)c(-c4ccc(F)cc4)oc3cc2OCC)cc1C(=O)OC. The summed E-state index contributed by atoms with van der Waals surface area (Å²) in [6.07, 6.45) is 0. The minimum Gasteiger partial charge on any atom is -0.496 e. The highest BCUT2D eigenvalue weighted by Gasteiger charge is 2.24. The molecule has 1 aromatic heterocycles. The fourth-order valence-electron chi connectivity index (χ4n) is 3.84. The number of carbonyl (C=O) groups is 2. The second kappa shape index (κ2) is 9.89. The Balaban J connectivity index is 1.97. The average molecular weight is 481 g/mol. The summed E-state index contributed by atoms with van der Waals surface area (Å²) in [6, 6.07) is 13.2. The molecule has 0 unspecified atom stereocenters. The molecular formula is C27H24FNO6. The van der Waals surface area contributed by atoms with Crippen LogP contribution in [0.2, 0.25) is 0 Å². The van der Waals surface area contributed by atoms with Gasteiger partial charge in [-0.15, -0.1) is 0 Å². The van der Waals surface area contributed by atoms with Crippen LogP contribution in [0.25, 0.3) is 33.4 Å². The molecule has 0 bridgehead atoms. The van der Waals surface area contributed by atoms with Gasteiger partial charge in [0.1, 0.15) is 34.2 Å². The lowest BCUT2D eigenvalue weighted by atomic mass is 9.97. The molecule has 4 rings (SSSR count). The first-order valence-electron chi connectivity index (χ1n) is 12.2. The Labute approximate surface area is 205 Å². The molecule has 3 aromatic carbocycles. The summed E-state index contributed by atoms with van der Waals surface area (Å²) in [5.41, 5.74) is 1.96. The zero-order valence-corrected chi connectivity index (χ0v) is 19.2. The van der Waals surface area contributed by atoms with E-state index in [9.17, 15) is 14.0 Å². The van der Waals surface area contributed by atoms with Gasteiger partial charge in [-0.25, -0.2) is 9.18 Å². The normalized spacial score (nSPS) is 12.4. The lowest BCUT2D eigenvalue weighted by molar-refractivity contribution is 0.0597. The van der Waals surface area contributed by atoms with Crippen LogP contribution < -0.4 is 14.8 Å². The smallest absolute Gasteiger partial charge is 0.341 e. The molecule has 0 aliphatic heterocycles. The zero-order valence-electron chi connectivity index (χ0n) is 22.2. The van der Waals surface area contributed by atoms with E-state index >= 15 is 0 Å². The van der Waals surface area contributed by atoms with Gasteiger partial charge in [-0.1, -0.05) is 6.07 Å². The summed E-state index contributed by atoms with van der Waals surface area (Å²) < 4.78 is 57.5. The third kappa shape index (κ3) is 4.42. The number of benzene rings is 3. The van der Waals surface area contributed by atoms with Gasteiger partial charge in [-0.05, 0) is 55.0 Å². The summed E-state index contributed by atoms with van der Waals surface area (Å²) in [5.74, 6) is -1.18. The Morgan fingerprint density at radius 1 is 1.06 bits per heavy atom. The highest BCUT2D eigenvalue weighted by molar-refractivity contribution is 6.12. The molecule has 0 aliphatic carbocycles. The van der Waals surface area contributed by atoms with Crippen LogP contribution in [-0.2, 0) is 4.74 Å². The number of halogens is 1. The van der Waals surface area contributed by atoms with Crippen molar-refractivity contribution in [2.24, 2.45) is 0 Å². The first kappa shape index (κ1) is 20.1. The Morgan fingerprint density at radius 3 is 2.46 bits per heavy atom. The van der Waals surface area contributed by atoms with Crippen molar-refractivity contribution in [2.45, 2.75) is 6.92 Å². The number of hydrogen-bond acceptors (Lipinski definition) is 6. The van der Waals surface area contributed by atoms with Gasteiger partial charge in [-0.2, -0.15) is 0 Å². The fourth-order valence-corrected chi connectivity index (χ4v) is 3.84. The van der Waals surface area contributed by atoms with Crippen LogP contribution in [0.15, 0.2) is 59.0 Å². The van der Waals surface area contributed by atoms with Crippen LogP contribution in [0.4, 0.5) is 4.39 Å². The van der Waals surface area contributed by atoms with Crippen LogP contribution in [0.3, 0.4) is 0 Å². The van der Waals surface area contributed by atoms with E-state index in [1.807, 2.05) is 0 Å². The quantitative estimate of drug-likeness (QED) is 0.354. The molecule has 0 atom stereocenters. The van der Waals surface area contributed by atoms with E-state index in [0.717, 1.165) is 0 Å². The molecule has 180 valence electrons. The number of ether oxygens (including phenoxy) is 3. The molecular weight excluding hydrogens is 453 g/mol. The topological polar surface area (TPSA) is 87.0 Å². The molecule has 0 saturated carbocycles. The maximum absolute atomic E-state index is 13.5. The van der Waals surface area contributed by atoms with E-state index in [1.54, 1.807) is 25.1 Å². The predicted molar refractivity (Wildman–Crippen MR) is 129 cm³/mol. The molecule has 7 nitrogen and oxygen atoms in total. The molecule has 8 heteroatoms. The summed E-state index contributed by atoms with van der Waals surface area (Å²) in [5, 5.41) is 3.05. The minimum absolute atomic E-state index is 0.102. The highest BCUT2D eigenvalue weighted by Crippen LogP contribution is 2.41. The fraction of sp³-hybridized carbons (Fsp3) is 0.185. The van der Waals surface area contributed by atoms with Crippen LogP contribution in [0.1, 0.15) is 31.8 Å². The molecule has 1 amide bonds. The first-order chi connectivity index (χ1) is 18.1. The summed E-state index contributed by atoms with van der Waals surface area (Å²) in [6.45, 7) is 2.10. The third-order valence-electron chi connectivity index (χ3n) is 5.46. The highest BCUT2D eigenvalue weighted by atomic mass is 19.1. The van der Waals surface area contributed by atoms with Crippen molar-refractivity contribution in [1.82, 2.24) is 5.32 Å². The van der Waals surface area contributed by atoms with Crippen LogP contribution in [0.5, 0.6) is 11.5 Å². The molecule has 0 fully saturated rings. The Bertz CT molecular complexity index is 1510. The van der Waals surface area contributed by atoms with E-state index in [0.29, 0.717) is 40.0 Å². The van der Waals surface area contributed by atoms with E-state index in [4.69, 9.17) is 22.7 Å². The number of fused-ring (bicyclic) bond motifs is 1. The van der Waals surface area contributed by atoms with Crippen LogP contribution in [-0.4, -0.2) is 39.7 Å². The van der Waals surface area contributed by atoms with E-state index in [2.05, 4.69) is 5.32 Å². The predicted octanol–water partition coefficient (Wildman–Crippen LogP) is 5.46. The largest absolute Gasteiger partial charge is 0.496 e. The molecule has 35 heavy (non-hydrogen) atoms. The molecule has 1 heterocycles. The maximum Gasteiger partial charge on any atom is 0.341 e. The van der Waals surface area contributed by atoms with Gasteiger partial charge in [0.2, 0.25) is 0 Å². The lowest BCUT2D eigenvalue weighted by Crippen LogP contribution is -2.18. The van der Waals surface area contributed by atoms with Crippen LogP contribution >= 0.6 is 0 Å². The summed E-state index contributed by atoms with van der Waals surface area (Å²) in [4.78, 5) is 25.4. The number of amides is 1. The second-order valence-electron chi connectivity index (χ2n) is 7.47. The number of methoxy groups -OCH3 is 2. The number of carbonyl (C=O) groups excluding carboxylic acids is 2. The standard InChI is InChI=1S/C27H24FNO6/c1-5-34-22-14-23-19(13-18(22)16-8-11-21(32-3)20(12-16)27(31)33-4)24(26(30)29-2)25(35-23)15-6-9-17(28)10-7-15/h6-14H,5H2,1-4H3,(H,29,30)/i3D3. The van der Waals surface area contributed by atoms with Gasteiger partial charge >= 0.3 is 5.97 Å². The lowest BCUT2D eigenvalue weighted by Gasteiger charge is -2.13. The number of furan rings is 1. The molecule has 0 aliphatic rings. The van der Waals surface area contributed by atoms with E-state index in [1.165, 1.54) is 50.6 Å². The van der Waals surface area contributed by atoms with E-state index in [-0.39, 0.29) is 22.6 Å². The van der Waals surface area contributed by atoms with Crippen molar-refractivity contribution in [3.05, 3.63) is 71.5 Å². The number of hydrogen-bond donors (Lipinski definition) is 1. The maximum atomic E-state index is 13.5. The first-order valence-corrected chi connectivity index (χ1v) is 10.7. The van der Waals surface area contributed by atoms with Crippen molar-refractivity contribution in [2.75, 3.05) is 27.8 Å². The summed E-state index contributed by atoms with van der Waals surface area (Å²) in [7, 11) is -0.128. The Hall–Kier alpha value is -4.33. The van der Waals surface area contributed by atoms with Crippen molar-refractivity contribution >= 4 is 22.8 Å². The van der Waals surface area contributed by atoms with Gasteiger partial charge in [-0.3, -0.25) is 4.79 Å². The van der Waals surface area contributed by atoms with Gasteiger partial charge in [0.25, 0.3) is 5.91 Å². The second-order valence-corrected chi connectivity index (χ2v) is 7.47. The van der Waals surface area contributed by atoms with Crippen LogP contribution in [0, 0.1) is 5.82 Å². The third-order valence-corrected chi connectivity index (χ3v) is 5.46. The van der Waals surface area contributed by atoms with Crippen molar-refractivity contribution in [1.29, 1.82) is 0 Å². The molecule has 1 N–H and O–H groups in total. The van der Waals surface area contributed by atoms with Gasteiger partial charge in [0.05, 0.1) is 30.4 Å². The van der Waals surface area contributed by atoms with E-state index < -0.39 is 24.7 Å². The molecule has 0 spiro atoms. The van der Waals surface area contributed by atoms with Crippen molar-refractivity contribution in [3.63, 3.8) is 0 Å². The van der Waals surface area contributed by atoms with Gasteiger partial charge in [0.15, 0.2) is 0 Å². The van der Waals surface area contributed by atoms with Crippen molar-refractivity contribution in [3.8, 4) is 33.9 Å². The zero-order chi connectivity index (χ0) is 27.6.